The van der Waals surface area contributed by atoms with Crippen LogP contribution in [0.1, 0.15) is 21.1 Å². The molecule has 0 radical (unpaired) electrons. The Hall–Kier alpha value is -2.84. The van der Waals surface area contributed by atoms with Crippen LogP contribution in [0.2, 0.25) is 0 Å². The normalized spacial score (nSPS) is 11.0. The van der Waals surface area contributed by atoms with Gasteiger partial charge in [-0.25, -0.2) is 19.2 Å². The number of carboxylic acid groups (broad SMARTS) is 1. The van der Waals surface area contributed by atoms with Crippen LogP contribution in [-0.2, 0) is 0 Å². The van der Waals surface area contributed by atoms with Crippen molar-refractivity contribution in [3.8, 4) is 11.1 Å². The number of rotatable bonds is 4. The van der Waals surface area contributed by atoms with Gasteiger partial charge in [0.25, 0.3) is 0 Å². The molecule has 2 aromatic heterocycles. The van der Waals surface area contributed by atoms with Gasteiger partial charge in [-0.05, 0) is 65.7 Å². The Kier molecular flexibility index (Phi) is 5.06. The Labute approximate surface area is 178 Å². The van der Waals surface area contributed by atoms with Gasteiger partial charge in [0.15, 0.2) is 0 Å². The van der Waals surface area contributed by atoms with E-state index in [0.29, 0.717) is 21.8 Å². The number of fused-ring (bicyclic) bond motifs is 1. The van der Waals surface area contributed by atoms with Crippen molar-refractivity contribution in [2.24, 2.45) is 0 Å². The van der Waals surface area contributed by atoms with Crippen molar-refractivity contribution in [2.45, 2.75) is 13.8 Å². The highest BCUT2D eigenvalue weighted by atomic mass is 79.9. The van der Waals surface area contributed by atoms with Crippen LogP contribution in [0.15, 0.2) is 46.9 Å². The van der Waals surface area contributed by atoms with Crippen LogP contribution in [0, 0.1) is 19.7 Å². The highest BCUT2D eigenvalue weighted by Gasteiger charge is 2.19. The molecule has 2 aromatic carbocycles. The number of anilines is 2. The van der Waals surface area contributed by atoms with Gasteiger partial charge in [-0.3, -0.25) is 0 Å². The van der Waals surface area contributed by atoms with Gasteiger partial charge in [-0.2, -0.15) is 0 Å². The lowest BCUT2D eigenvalue weighted by atomic mass is 10.0. The van der Waals surface area contributed by atoms with E-state index in [1.807, 2.05) is 13.8 Å². The maximum atomic E-state index is 13.4. The van der Waals surface area contributed by atoms with Crippen molar-refractivity contribution in [1.82, 2.24) is 9.97 Å². The van der Waals surface area contributed by atoms with Crippen LogP contribution >= 0.6 is 27.3 Å². The van der Waals surface area contributed by atoms with Gasteiger partial charge >= 0.3 is 5.97 Å². The summed E-state index contributed by atoms with van der Waals surface area (Å²) in [6.45, 7) is 3.82. The first-order valence-corrected chi connectivity index (χ1v) is 10.3. The summed E-state index contributed by atoms with van der Waals surface area (Å²) in [5.41, 5.74) is 2.70. The zero-order chi connectivity index (χ0) is 20.7. The van der Waals surface area contributed by atoms with E-state index in [1.54, 1.807) is 29.5 Å². The molecule has 0 aliphatic heterocycles. The van der Waals surface area contributed by atoms with Gasteiger partial charge < -0.3 is 10.4 Å². The fourth-order valence-electron chi connectivity index (χ4n) is 3.15. The summed E-state index contributed by atoms with van der Waals surface area (Å²) in [6, 6.07) is 11.1. The Morgan fingerprint density at radius 1 is 1.14 bits per heavy atom. The van der Waals surface area contributed by atoms with Crippen LogP contribution in [0.4, 0.5) is 15.9 Å². The molecule has 29 heavy (non-hydrogen) atoms. The van der Waals surface area contributed by atoms with Gasteiger partial charge in [0.05, 0.1) is 16.6 Å². The lowest BCUT2D eigenvalue weighted by Gasteiger charge is -2.12. The predicted molar refractivity (Wildman–Crippen MR) is 117 cm³/mol. The van der Waals surface area contributed by atoms with Crippen LogP contribution in [0.3, 0.4) is 0 Å². The van der Waals surface area contributed by atoms with Gasteiger partial charge in [0.2, 0.25) is 0 Å². The van der Waals surface area contributed by atoms with Crippen molar-refractivity contribution >= 4 is 55.0 Å². The zero-order valence-electron chi connectivity index (χ0n) is 15.5. The largest absolute Gasteiger partial charge is 0.478 e. The predicted octanol–water partition coefficient (Wildman–Crippen LogP) is 6.32. The summed E-state index contributed by atoms with van der Waals surface area (Å²) in [4.78, 5) is 22.2. The Bertz CT molecular complexity index is 1260. The molecule has 0 spiro atoms. The van der Waals surface area contributed by atoms with E-state index in [4.69, 9.17) is 5.11 Å². The highest BCUT2D eigenvalue weighted by Crippen LogP contribution is 2.42. The number of carboxylic acids is 1. The number of benzene rings is 2. The number of halogens is 2. The molecular weight excluding hydrogens is 457 g/mol. The molecule has 146 valence electrons. The van der Waals surface area contributed by atoms with E-state index in [0.717, 1.165) is 26.2 Å². The molecule has 8 heteroatoms. The minimum atomic E-state index is -0.996. The second-order valence-electron chi connectivity index (χ2n) is 6.46. The lowest BCUT2D eigenvalue weighted by molar-refractivity contribution is 0.0697. The molecule has 0 saturated heterocycles. The average Bonchev–Trinajstić information content (AvgIpc) is 2.99. The molecule has 0 amide bonds. The van der Waals surface area contributed by atoms with Crippen molar-refractivity contribution < 1.29 is 14.3 Å². The maximum absolute atomic E-state index is 13.4. The number of thiophene rings is 1. The van der Waals surface area contributed by atoms with Crippen LogP contribution < -0.4 is 5.32 Å². The SMILES string of the molecule is Cc1nc(Nc2ccc(C(=O)O)cc2Br)c2c(-c3ccc(F)cc3)c(C)sc2n1. The van der Waals surface area contributed by atoms with E-state index < -0.39 is 5.97 Å². The quantitative estimate of drug-likeness (QED) is 0.364. The molecule has 4 aromatic rings. The number of aromatic nitrogens is 2. The third kappa shape index (κ3) is 3.73. The fourth-order valence-corrected chi connectivity index (χ4v) is 4.72. The van der Waals surface area contributed by atoms with Gasteiger partial charge in [0.1, 0.15) is 22.3 Å². The minimum Gasteiger partial charge on any atom is -0.478 e. The first kappa shape index (κ1) is 19.5. The van der Waals surface area contributed by atoms with E-state index in [2.05, 4.69) is 31.2 Å². The summed E-state index contributed by atoms with van der Waals surface area (Å²) in [5.74, 6) is -0.0615. The van der Waals surface area contributed by atoms with Crippen molar-refractivity contribution in [3.63, 3.8) is 0 Å². The average molecular weight is 472 g/mol. The minimum absolute atomic E-state index is 0.185. The molecule has 0 atom stereocenters. The van der Waals surface area contributed by atoms with Gasteiger partial charge in [0, 0.05) is 14.9 Å². The number of hydrogen-bond donors (Lipinski definition) is 2. The molecular formula is C21H15BrFN3O2S. The Balaban J connectivity index is 1.88. The molecule has 0 bridgehead atoms. The first-order chi connectivity index (χ1) is 13.8. The second-order valence-corrected chi connectivity index (χ2v) is 8.52. The van der Waals surface area contributed by atoms with Crippen molar-refractivity contribution in [3.05, 3.63) is 69.0 Å². The van der Waals surface area contributed by atoms with Crippen LogP contribution in [0.5, 0.6) is 0 Å². The van der Waals surface area contributed by atoms with Gasteiger partial charge in [-0.15, -0.1) is 11.3 Å². The summed E-state index contributed by atoms with van der Waals surface area (Å²) in [6.07, 6.45) is 0. The molecule has 0 aliphatic carbocycles. The summed E-state index contributed by atoms with van der Waals surface area (Å²) in [7, 11) is 0. The van der Waals surface area contributed by atoms with E-state index in [9.17, 15) is 9.18 Å². The number of nitrogens with one attached hydrogen (secondary N) is 1. The Morgan fingerprint density at radius 2 is 1.86 bits per heavy atom. The summed E-state index contributed by atoms with van der Waals surface area (Å²) < 4.78 is 14.0. The van der Waals surface area contributed by atoms with E-state index in [-0.39, 0.29) is 11.4 Å². The number of aryl methyl sites for hydroxylation is 2. The zero-order valence-corrected chi connectivity index (χ0v) is 17.9. The van der Waals surface area contributed by atoms with Gasteiger partial charge in [-0.1, -0.05) is 12.1 Å². The summed E-state index contributed by atoms with van der Waals surface area (Å²) >= 11 is 4.98. The molecule has 4 rings (SSSR count). The standard InChI is InChI=1S/C21H15BrFN3O2S/c1-10-17(12-3-6-14(23)7-4-12)18-19(24-11(2)25-20(18)29-10)26-16-8-5-13(21(27)28)9-15(16)22/h3-9H,1-2H3,(H,27,28)(H,24,25,26). The monoisotopic (exact) mass is 471 g/mol. The fraction of sp³-hybridized carbons (Fsp3) is 0.0952. The third-order valence-electron chi connectivity index (χ3n) is 4.44. The highest BCUT2D eigenvalue weighted by molar-refractivity contribution is 9.10. The molecule has 0 saturated carbocycles. The van der Waals surface area contributed by atoms with Crippen LogP contribution in [0.25, 0.3) is 21.3 Å². The molecule has 5 nitrogen and oxygen atoms in total. The van der Waals surface area contributed by atoms with Crippen LogP contribution in [-0.4, -0.2) is 21.0 Å². The third-order valence-corrected chi connectivity index (χ3v) is 6.10. The number of aromatic carboxylic acids is 1. The summed E-state index contributed by atoms with van der Waals surface area (Å²) in [5, 5.41) is 13.3. The molecule has 0 fully saturated rings. The first-order valence-electron chi connectivity index (χ1n) is 8.67. The molecule has 2 heterocycles. The smallest absolute Gasteiger partial charge is 0.335 e. The lowest BCUT2D eigenvalue weighted by Crippen LogP contribution is -2.01. The Morgan fingerprint density at radius 3 is 2.52 bits per heavy atom. The number of nitrogens with zero attached hydrogens (tertiary/aromatic N) is 2. The molecule has 0 aliphatic rings. The van der Waals surface area contributed by atoms with E-state index in [1.165, 1.54) is 24.3 Å². The van der Waals surface area contributed by atoms with Crippen molar-refractivity contribution in [2.75, 3.05) is 5.32 Å². The van der Waals surface area contributed by atoms with E-state index >= 15 is 0 Å². The number of hydrogen-bond acceptors (Lipinski definition) is 5. The topological polar surface area (TPSA) is 75.1 Å². The molecule has 0 unspecified atom stereocenters. The second kappa shape index (κ2) is 7.53. The molecule has 2 N–H and O–H groups in total. The number of carbonyl (C=O) groups is 1. The maximum Gasteiger partial charge on any atom is 0.335 e. The van der Waals surface area contributed by atoms with Crippen molar-refractivity contribution in [1.29, 1.82) is 0 Å².